The van der Waals surface area contributed by atoms with Gasteiger partial charge in [-0.25, -0.2) is 4.98 Å². The number of pyridine rings is 1. The lowest BCUT2D eigenvalue weighted by Gasteiger charge is -2.04. The summed E-state index contributed by atoms with van der Waals surface area (Å²) in [7, 11) is 2.12. The van der Waals surface area contributed by atoms with Gasteiger partial charge >= 0.3 is 0 Å². The van der Waals surface area contributed by atoms with Crippen molar-refractivity contribution < 1.29 is 0 Å². The molecule has 0 fully saturated rings. The smallest absolute Gasteiger partial charge is 0.137 e. The van der Waals surface area contributed by atoms with Crippen molar-refractivity contribution in [2.75, 3.05) is 0 Å². The molecule has 0 amide bonds. The number of rotatable bonds is 1. The van der Waals surface area contributed by atoms with E-state index in [1.165, 1.54) is 27.4 Å². The minimum Gasteiger partial charge on any atom is -0.342 e. The monoisotopic (exact) mass is 297 g/mol. The van der Waals surface area contributed by atoms with Crippen LogP contribution in [0, 0.1) is 0 Å². The van der Waals surface area contributed by atoms with Gasteiger partial charge in [0.25, 0.3) is 0 Å². The van der Waals surface area contributed by atoms with Crippen molar-refractivity contribution in [2.45, 2.75) is 0 Å². The summed E-state index contributed by atoms with van der Waals surface area (Å²) in [6.07, 6.45) is 4.14. The zero-order chi connectivity index (χ0) is 15.4. The average molecular weight is 297 g/mol. The van der Waals surface area contributed by atoms with Gasteiger partial charge in [-0.1, -0.05) is 48.5 Å². The number of hydrogen-bond acceptors (Lipinski definition) is 1. The summed E-state index contributed by atoms with van der Waals surface area (Å²) in [5.74, 6) is 0. The van der Waals surface area contributed by atoms with Crippen molar-refractivity contribution >= 4 is 27.5 Å². The molecule has 110 valence electrons. The first-order valence-electron chi connectivity index (χ1n) is 7.72. The molecule has 0 saturated heterocycles. The van der Waals surface area contributed by atoms with Crippen molar-refractivity contribution in [1.29, 1.82) is 0 Å². The molecule has 0 unspecified atom stereocenters. The zero-order valence-corrected chi connectivity index (χ0v) is 12.8. The van der Waals surface area contributed by atoms with E-state index in [9.17, 15) is 0 Å². The van der Waals surface area contributed by atoms with Crippen molar-refractivity contribution in [1.82, 2.24) is 14.0 Å². The molecule has 0 aliphatic heterocycles. The van der Waals surface area contributed by atoms with E-state index in [2.05, 4.69) is 81.8 Å². The maximum absolute atomic E-state index is 4.61. The summed E-state index contributed by atoms with van der Waals surface area (Å²) in [5, 5.41) is 2.53. The van der Waals surface area contributed by atoms with Crippen molar-refractivity contribution in [3.05, 3.63) is 73.1 Å². The molecule has 0 spiro atoms. The second-order valence-corrected chi connectivity index (χ2v) is 5.89. The third-order valence-electron chi connectivity index (χ3n) is 4.61. The molecule has 0 atom stereocenters. The highest BCUT2D eigenvalue weighted by Gasteiger charge is 2.12. The number of hydrogen-bond donors (Lipinski definition) is 0. The summed E-state index contributed by atoms with van der Waals surface area (Å²) in [6, 6.07) is 21.1. The van der Waals surface area contributed by atoms with Crippen LogP contribution in [0.1, 0.15) is 0 Å². The second-order valence-electron chi connectivity index (χ2n) is 5.89. The van der Waals surface area contributed by atoms with Gasteiger partial charge in [0.15, 0.2) is 0 Å². The van der Waals surface area contributed by atoms with Crippen molar-refractivity contribution in [3.8, 4) is 11.3 Å². The lowest BCUT2D eigenvalue weighted by molar-refractivity contribution is 1.00. The Balaban J connectivity index is 1.91. The van der Waals surface area contributed by atoms with Crippen LogP contribution in [0.5, 0.6) is 0 Å². The number of aryl methyl sites for hydroxylation is 1. The highest BCUT2D eigenvalue weighted by Crippen LogP contribution is 2.30. The highest BCUT2D eigenvalue weighted by atomic mass is 15.0. The lowest BCUT2D eigenvalue weighted by Crippen LogP contribution is -1.92. The van der Waals surface area contributed by atoms with Crippen molar-refractivity contribution in [3.63, 3.8) is 0 Å². The van der Waals surface area contributed by atoms with Crippen LogP contribution in [0.4, 0.5) is 0 Å². The topological polar surface area (TPSA) is 22.2 Å². The van der Waals surface area contributed by atoms with Gasteiger partial charge in [-0.2, -0.15) is 0 Å². The Labute approximate surface area is 133 Å². The van der Waals surface area contributed by atoms with Crippen LogP contribution in [0.15, 0.2) is 73.1 Å². The molecule has 0 aliphatic rings. The minimum absolute atomic E-state index is 0.979. The standard InChI is InChI=1S/C20H15N3/c1-22-17-10-6-5-9-15(17)16-11-20-21-12-18(23(20)13-19(16)22)14-7-3-2-4-8-14/h2-13H,1H3. The fourth-order valence-corrected chi connectivity index (χ4v) is 3.44. The first-order valence-corrected chi connectivity index (χ1v) is 7.72. The Hall–Kier alpha value is -3.07. The molecule has 3 aromatic heterocycles. The summed E-state index contributed by atoms with van der Waals surface area (Å²) >= 11 is 0. The van der Waals surface area contributed by atoms with Crippen molar-refractivity contribution in [2.24, 2.45) is 7.05 Å². The zero-order valence-electron chi connectivity index (χ0n) is 12.8. The van der Waals surface area contributed by atoms with Gasteiger partial charge in [-0.15, -0.1) is 0 Å². The number of aromatic nitrogens is 3. The third-order valence-corrected chi connectivity index (χ3v) is 4.61. The SMILES string of the molecule is Cn1c2ccccc2c2cc3ncc(-c4ccccc4)n3cc21. The number of nitrogens with zero attached hydrogens (tertiary/aromatic N) is 3. The molecule has 5 aromatic rings. The maximum Gasteiger partial charge on any atom is 0.137 e. The molecule has 0 bridgehead atoms. The first-order chi connectivity index (χ1) is 11.3. The molecule has 5 rings (SSSR count). The van der Waals surface area contributed by atoms with Crippen LogP contribution in [0.25, 0.3) is 38.7 Å². The van der Waals surface area contributed by atoms with E-state index in [1.54, 1.807) is 0 Å². The largest absolute Gasteiger partial charge is 0.342 e. The molecule has 0 radical (unpaired) electrons. The Morgan fingerprint density at radius 1 is 0.826 bits per heavy atom. The number of imidazole rings is 1. The van der Waals surface area contributed by atoms with Gasteiger partial charge in [0.2, 0.25) is 0 Å². The first kappa shape index (κ1) is 12.5. The third kappa shape index (κ3) is 1.67. The van der Waals surface area contributed by atoms with Crippen LogP contribution in [0.3, 0.4) is 0 Å². The van der Waals surface area contributed by atoms with E-state index >= 15 is 0 Å². The molecule has 3 heteroatoms. The van der Waals surface area contributed by atoms with Crippen LogP contribution in [-0.2, 0) is 7.05 Å². The van der Waals surface area contributed by atoms with Gasteiger partial charge in [0, 0.05) is 35.1 Å². The molecule has 3 heterocycles. The predicted molar refractivity (Wildman–Crippen MR) is 94.6 cm³/mol. The Morgan fingerprint density at radius 2 is 1.61 bits per heavy atom. The Bertz CT molecular complexity index is 1160. The van der Waals surface area contributed by atoms with E-state index in [4.69, 9.17) is 0 Å². The number of para-hydroxylation sites is 1. The van der Waals surface area contributed by atoms with E-state index < -0.39 is 0 Å². The Kier molecular flexibility index (Phi) is 2.42. The quantitative estimate of drug-likeness (QED) is 0.441. The van der Waals surface area contributed by atoms with Gasteiger partial charge in [-0.3, -0.25) is 4.40 Å². The summed E-state index contributed by atoms with van der Waals surface area (Å²) in [6.45, 7) is 0. The number of benzene rings is 2. The van der Waals surface area contributed by atoms with Gasteiger partial charge in [0.1, 0.15) is 5.65 Å². The summed E-state index contributed by atoms with van der Waals surface area (Å²) < 4.78 is 4.43. The van der Waals surface area contributed by atoms with Crippen LogP contribution >= 0.6 is 0 Å². The second kappa shape index (κ2) is 4.46. The van der Waals surface area contributed by atoms with E-state index in [0.717, 1.165) is 11.3 Å². The molecule has 3 nitrogen and oxygen atoms in total. The normalized spacial score (nSPS) is 11.7. The minimum atomic E-state index is 0.979. The molecular formula is C20H15N3. The maximum atomic E-state index is 4.61. The van der Waals surface area contributed by atoms with Crippen LogP contribution in [0.2, 0.25) is 0 Å². The van der Waals surface area contributed by atoms with Gasteiger partial charge in [0.05, 0.1) is 17.4 Å². The fraction of sp³-hybridized carbons (Fsp3) is 0.0500. The average Bonchev–Trinajstić information content (AvgIpc) is 3.14. The lowest BCUT2D eigenvalue weighted by atomic mass is 10.1. The molecule has 0 saturated carbocycles. The predicted octanol–water partition coefficient (Wildman–Crippen LogP) is 4.65. The van der Waals surface area contributed by atoms with E-state index in [0.29, 0.717) is 0 Å². The molecule has 23 heavy (non-hydrogen) atoms. The van der Waals surface area contributed by atoms with Gasteiger partial charge in [-0.05, 0) is 12.1 Å². The summed E-state index contributed by atoms with van der Waals surface area (Å²) in [4.78, 5) is 4.61. The van der Waals surface area contributed by atoms with Gasteiger partial charge < -0.3 is 4.57 Å². The Morgan fingerprint density at radius 3 is 2.48 bits per heavy atom. The molecular weight excluding hydrogens is 282 g/mol. The number of fused-ring (bicyclic) bond motifs is 4. The fourth-order valence-electron chi connectivity index (χ4n) is 3.44. The van der Waals surface area contributed by atoms with Crippen LogP contribution < -0.4 is 0 Å². The van der Waals surface area contributed by atoms with E-state index in [1.807, 2.05) is 12.3 Å². The molecule has 0 aliphatic carbocycles. The van der Waals surface area contributed by atoms with E-state index in [-0.39, 0.29) is 0 Å². The summed E-state index contributed by atoms with van der Waals surface area (Å²) in [5.41, 5.74) is 5.74. The molecule has 0 N–H and O–H groups in total. The highest BCUT2D eigenvalue weighted by molar-refractivity contribution is 6.08. The molecule has 2 aromatic carbocycles. The van der Waals surface area contributed by atoms with Crippen LogP contribution in [-0.4, -0.2) is 14.0 Å².